The summed E-state index contributed by atoms with van der Waals surface area (Å²) in [5, 5.41) is 0. The maximum Gasteiger partial charge on any atom is 0.306 e. The Kier molecular flexibility index (Phi) is 14.8. The molecule has 0 aliphatic rings. The Morgan fingerprint density at radius 1 is 0.542 bits per heavy atom. The zero-order chi connectivity index (χ0) is 18.2. The molecular formula is C20H38O4. The van der Waals surface area contributed by atoms with E-state index in [1.807, 2.05) is 27.7 Å². The first-order chi connectivity index (χ1) is 11.4. The van der Waals surface area contributed by atoms with Gasteiger partial charge in [0.15, 0.2) is 0 Å². The molecule has 0 aromatic carbocycles. The highest BCUT2D eigenvalue weighted by molar-refractivity contribution is 5.69. The molecule has 0 radical (unpaired) electrons. The fourth-order valence-corrected chi connectivity index (χ4v) is 2.60. The van der Waals surface area contributed by atoms with Gasteiger partial charge in [0.25, 0.3) is 0 Å². The van der Waals surface area contributed by atoms with Crippen molar-refractivity contribution in [3.8, 4) is 0 Å². The van der Waals surface area contributed by atoms with Crippen LogP contribution in [0.15, 0.2) is 0 Å². The fraction of sp³-hybridized carbons (Fsp3) is 0.900. The lowest BCUT2D eigenvalue weighted by Gasteiger charge is -2.07. The first kappa shape index (κ1) is 22.9. The lowest BCUT2D eigenvalue weighted by atomic mass is 10.1. The van der Waals surface area contributed by atoms with E-state index in [1.165, 1.54) is 38.5 Å². The number of rotatable bonds is 15. The van der Waals surface area contributed by atoms with E-state index in [0.29, 0.717) is 12.8 Å². The molecule has 0 N–H and O–H groups in total. The van der Waals surface area contributed by atoms with Crippen LogP contribution in [-0.4, -0.2) is 24.1 Å². The Bertz CT molecular complexity index is 292. The normalized spacial score (nSPS) is 11.1. The first-order valence-electron chi connectivity index (χ1n) is 9.80. The van der Waals surface area contributed by atoms with Crippen LogP contribution in [-0.2, 0) is 19.1 Å². The van der Waals surface area contributed by atoms with Gasteiger partial charge < -0.3 is 9.47 Å². The van der Waals surface area contributed by atoms with E-state index in [4.69, 9.17) is 9.47 Å². The van der Waals surface area contributed by atoms with Crippen molar-refractivity contribution >= 4 is 11.9 Å². The van der Waals surface area contributed by atoms with E-state index in [1.54, 1.807) is 0 Å². The maximum absolute atomic E-state index is 11.4. The molecule has 0 unspecified atom stereocenters. The summed E-state index contributed by atoms with van der Waals surface area (Å²) in [5.74, 6) is -0.135. The minimum Gasteiger partial charge on any atom is -0.463 e. The minimum absolute atomic E-state index is 0.00153. The third-order valence-corrected chi connectivity index (χ3v) is 3.75. The van der Waals surface area contributed by atoms with Crippen LogP contribution in [0.5, 0.6) is 0 Å². The van der Waals surface area contributed by atoms with E-state index in [9.17, 15) is 9.59 Å². The summed E-state index contributed by atoms with van der Waals surface area (Å²) in [6.07, 6.45) is 12.7. The number of ether oxygens (including phenoxy) is 2. The van der Waals surface area contributed by atoms with Gasteiger partial charge in [0, 0.05) is 12.8 Å². The highest BCUT2D eigenvalue weighted by Gasteiger charge is 2.05. The molecule has 0 spiro atoms. The second-order valence-electron chi connectivity index (χ2n) is 7.11. The third-order valence-electron chi connectivity index (χ3n) is 3.75. The molecule has 0 aliphatic heterocycles. The Hall–Kier alpha value is -1.06. The zero-order valence-electron chi connectivity index (χ0n) is 16.3. The summed E-state index contributed by atoms with van der Waals surface area (Å²) in [6, 6.07) is 0. The van der Waals surface area contributed by atoms with E-state index in [0.717, 1.165) is 25.7 Å². The van der Waals surface area contributed by atoms with E-state index in [2.05, 4.69) is 0 Å². The van der Waals surface area contributed by atoms with Gasteiger partial charge in [0.05, 0.1) is 12.2 Å². The molecule has 0 fully saturated rings. The van der Waals surface area contributed by atoms with E-state index in [-0.39, 0.29) is 24.1 Å². The molecule has 0 atom stereocenters. The van der Waals surface area contributed by atoms with Gasteiger partial charge in [0.2, 0.25) is 0 Å². The fourth-order valence-electron chi connectivity index (χ4n) is 2.60. The monoisotopic (exact) mass is 342 g/mol. The summed E-state index contributed by atoms with van der Waals surface area (Å²) >= 11 is 0. The number of unbranched alkanes of at least 4 members (excludes halogenated alkanes) is 9. The highest BCUT2D eigenvalue weighted by Crippen LogP contribution is 2.12. The smallest absolute Gasteiger partial charge is 0.306 e. The molecule has 4 nitrogen and oxygen atoms in total. The van der Waals surface area contributed by atoms with Crippen LogP contribution < -0.4 is 0 Å². The topological polar surface area (TPSA) is 52.6 Å². The van der Waals surface area contributed by atoms with Crippen molar-refractivity contribution in [1.82, 2.24) is 0 Å². The second kappa shape index (κ2) is 15.5. The standard InChI is InChI=1S/C20H38O4/c1-17(2)23-19(21)15-13-11-9-7-5-6-8-10-12-14-16-20(22)24-18(3)4/h17-18H,5-16H2,1-4H3. The molecule has 0 aromatic heterocycles. The number of carbonyl (C=O) groups is 2. The Labute approximate surface area is 148 Å². The number of hydrogen-bond acceptors (Lipinski definition) is 4. The average molecular weight is 343 g/mol. The number of carbonyl (C=O) groups excluding carboxylic acids is 2. The summed E-state index contributed by atoms with van der Waals surface area (Å²) in [6.45, 7) is 7.54. The molecule has 0 aromatic rings. The van der Waals surface area contributed by atoms with E-state index >= 15 is 0 Å². The number of hydrogen-bond donors (Lipinski definition) is 0. The highest BCUT2D eigenvalue weighted by atomic mass is 16.5. The van der Waals surface area contributed by atoms with Gasteiger partial charge in [-0.25, -0.2) is 0 Å². The Morgan fingerprint density at radius 2 is 0.792 bits per heavy atom. The lowest BCUT2D eigenvalue weighted by molar-refractivity contribution is -0.148. The minimum atomic E-state index is -0.0673. The van der Waals surface area contributed by atoms with Crippen LogP contribution >= 0.6 is 0 Å². The molecule has 0 heterocycles. The molecule has 0 saturated heterocycles. The van der Waals surface area contributed by atoms with Gasteiger partial charge in [-0.05, 0) is 40.5 Å². The van der Waals surface area contributed by atoms with E-state index < -0.39 is 0 Å². The molecule has 0 amide bonds. The first-order valence-corrected chi connectivity index (χ1v) is 9.80. The van der Waals surface area contributed by atoms with Crippen molar-refractivity contribution in [2.24, 2.45) is 0 Å². The van der Waals surface area contributed by atoms with Crippen LogP contribution in [0.1, 0.15) is 105 Å². The molecule has 0 bridgehead atoms. The van der Waals surface area contributed by atoms with Gasteiger partial charge >= 0.3 is 11.9 Å². The zero-order valence-corrected chi connectivity index (χ0v) is 16.3. The van der Waals surface area contributed by atoms with Crippen molar-refractivity contribution < 1.29 is 19.1 Å². The van der Waals surface area contributed by atoms with Crippen LogP contribution in [0.2, 0.25) is 0 Å². The van der Waals surface area contributed by atoms with Crippen LogP contribution in [0.3, 0.4) is 0 Å². The van der Waals surface area contributed by atoms with Gasteiger partial charge in [-0.1, -0.05) is 51.4 Å². The molecular weight excluding hydrogens is 304 g/mol. The van der Waals surface area contributed by atoms with Gasteiger partial charge in [-0.15, -0.1) is 0 Å². The summed E-state index contributed by atoms with van der Waals surface area (Å²) < 4.78 is 10.2. The third kappa shape index (κ3) is 17.3. The van der Waals surface area contributed by atoms with Gasteiger partial charge in [-0.3, -0.25) is 9.59 Å². The molecule has 142 valence electrons. The molecule has 0 aliphatic carbocycles. The van der Waals surface area contributed by atoms with Crippen molar-refractivity contribution in [2.75, 3.05) is 0 Å². The van der Waals surface area contributed by atoms with Crippen molar-refractivity contribution in [3.05, 3.63) is 0 Å². The summed E-state index contributed by atoms with van der Waals surface area (Å²) in [4.78, 5) is 22.7. The predicted octanol–water partition coefficient (Wildman–Crippen LogP) is 5.57. The van der Waals surface area contributed by atoms with Crippen LogP contribution in [0.25, 0.3) is 0 Å². The summed E-state index contributed by atoms with van der Waals surface area (Å²) in [7, 11) is 0. The Morgan fingerprint density at radius 3 is 1.04 bits per heavy atom. The molecule has 0 saturated carbocycles. The average Bonchev–Trinajstić information content (AvgIpc) is 2.46. The SMILES string of the molecule is CC(C)OC(=O)CCCCCCCCCCCCC(=O)OC(C)C. The maximum atomic E-state index is 11.4. The van der Waals surface area contributed by atoms with Crippen LogP contribution in [0, 0.1) is 0 Å². The quantitative estimate of drug-likeness (QED) is 0.288. The largest absolute Gasteiger partial charge is 0.463 e. The van der Waals surface area contributed by atoms with Crippen LogP contribution in [0.4, 0.5) is 0 Å². The van der Waals surface area contributed by atoms with Crippen molar-refractivity contribution in [1.29, 1.82) is 0 Å². The predicted molar refractivity (Wildman–Crippen MR) is 97.9 cm³/mol. The molecule has 4 heteroatoms. The molecule has 24 heavy (non-hydrogen) atoms. The lowest BCUT2D eigenvalue weighted by Crippen LogP contribution is -2.10. The van der Waals surface area contributed by atoms with Gasteiger partial charge in [0.1, 0.15) is 0 Å². The van der Waals surface area contributed by atoms with Crippen molar-refractivity contribution in [3.63, 3.8) is 0 Å². The van der Waals surface area contributed by atoms with Crippen molar-refractivity contribution in [2.45, 2.75) is 117 Å². The summed E-state index contributed by atoms with van der Waals surface area (Å²) in [5.41, 5.74) is 0. The van der Waals surface area contributed by atoms with Gasteiger partial charge in [-0.2, -0.15) is 0 Å². The Balaban J connectivity index is 3.20. The number of esters is 2. The second-order valence-corrected chi connectivity index (χ2v) is 7.11. The molecule has 0 rings (SSSR count).